The maximum atomic E-state index is 12.5. The first-order valence-electron chi connectivity index (χ1n) is 8.57. The second-order valence-electron chi connectivity index (χ2n) is 6.09. The third kappa shape index (κ3) is 8.36. The average Bonchev–Trinajstić information content (AvgIpc) is 2.61. The highest BCUT2D eigenvalue weighted by atomic mass is 35.5. The number of ether oxygens (including phenoxy) is 2. The summed E-state index contributed by atoms with van der Waals surface area (Å²) in [5.74, 6) is -0.584. The third-order valence-electron chi connectivity index (χ3n) is 4.00. The molecule has 25 heavy (non-hydrogen) atoms. The van der Waals surface area contributed by atoms with E-state index < -0.39 is 0 Å². The summed E-state index contributed by atoms with van der Waals surface area (Å²) >= 11 is 5.88. The molecule has 1 atom stereocenters. The normalized spacial score (nSPS) is 11.8. The van der Waals surface area contributed by atoms with Crippen molar-refractivity contribution in [3.63, 3.8) is 0 Å². The number of hydrogen-bond acceptors (Lipinski definition) is 4. The van der Waals surface area contributed by atoms with Crippen molar-refractivity contribution in [1.29, 1.82) is 0 Å². The van der Waals surface area contributed by atoms with E-state index in [2.05, 4.69) is 0 Å². The monoisotopic (exact) mass is 369 g/mol. The van der Waals surface area contributed by atoms with Gasteiger partial charge in [-0.25, -0.2) is 0 Å². The number of halogens is 1. The van der Waals surface area contributed by atoms with Gasteiger partial charge in [0.05, 0.1) is 13.0 Å². The first-order valence-corrected chi connectivity index (χ1v) is 8.94. The quantitative estimate of drug-likeness (QED) is 0.443. The Morgan fingerprint density at radius 3 is 2.44 bits per heavy atom. The van der Waals surface area contributed by atoms with Crippen LogP contribution in [0.5, 0.6) is 0 Å². The fourth-order valence-corrected chi connectivity index (χ4v) is 2.70. The van der Waals surface area contributed by atoms with E-state index in [4.69, 9.17) is 21.1 Å². The van der Waals surface area contributed by atoms with Crippen LogP contribution < -0.4 is 0 Å². The van der Waals surface area contributed by atoms with Crippen molar-refractivity contribution in [2.75, 3.05) is 33.9 Å². The maximum absolute atomic E-state index is 12.5. The minimum absolute atomic E-state index is 0.0563. The summed E-state index contributed by atoms with van der Waals surface area (Å²) in [5, 5.41) is 0.709. The average molecular weight is 370 g/mol. The van der Waals surface area contributed by atoms with Gasteiger partial charge in [-0.15, -0.1) is 0 Å². The number of nitrogens with zero attached hydrogens (tertiary/aromatic N) is 1. The van der Waals surface area contributed by atoms with E-state index in [9.17, 15) is 9.59 Å². The Labute approximate surface area is 155 Å². The van der Waals surface area contributed by atoms with Crippen molar-refractivity contribution in [1.82, 2.24) is 4.90 Å². The summed E-state index contributed by atoms with van der Waals surface area (Å²) < 4.78 is 9.81. The molecule has 0 saturated carbocycles. The minimum Gasteiger partial charge on any atom is -0.469 e. The Morgan fingerprint density at radius 2 is 1.84 bits per heavy atom. The second-order valence-corrected chi connectivity index (χ2v) is 6.53. The Morgan fingerprint density at radius 1 is 1.16 bits per heavy atom. The van der Waals surface area contributed by atoms with Gasteiger partial charge in [-0.1, -0.05) is 30.7 Å². The predicted molar refractivity (Wildman–Crippen MR) is 98.6 cm³/mol. The molecule has 0 N–H and O–H groups in total. The Balaban J connectivity index is 2.52. The van der Waals surface area contributed by atoms with Crippen LogP contribution in [0.15, 0.2) is 24.3 Å². The van der Waals surface area contributed by atoms with Crippen molar-refractivity contribution in [2.24, 2.45) is 5.92 Å². The van der Waals surface area contributed by atoms with E-state index in [1.807, 2.05) is 24.3 Å². The van der Waals surface area contributed by atoms with Gasteiger partial charge in [0, 0.05) is 38.2 Å². The predicted octanol–water partition coefficient (Wildman–Crippen LogP) is 3.34. The van der Waals surface area contributed by atoms with Gasteiger partial charge in [-0.05, 0) is 37.0 Å². The Bertz CT molecular complexity index is 533. The number of amides is 1. The molecule has 140 valence electrons. The van der Waals surface area contributed by atoms with Crippen molar-refractivity contribution in [3.8, 4) is 0 Å². The lowest BCUT2D eigenvalue weighted by atomic mass is 10.1. The number of carbonyl (C=O) groups is 2. The highest BCUT2D eigenvalue weighted by molar-refractivity contribution is 6.30. The van der Waals surface area contributed by atoms with Crippen LogP contribution in [0.2, 0.25) is 5.02 Å². The van der Waals surface area contributed by atoms with Gasteiger partial charge in [0.2, 0.25) is 5.91 Å². The molecule has 1 amide bonds. The molecule has 0 saturated heterocycles. The molecule has 1 rings (SSSR count). The van der Waals surface area contributed by atoms with Crippen LogP contribution in [0.4, 0.5) is 0 Å². The number of methoxy groups -OCH3 is 2. The van der Waals surface area contributed by atoms with Crippen molar-refractivity contribution in [3.05, 3.63) is 34.9 Å². The van der Waals surface area contributed by atoms with Crippen LogP contribution >= 0.6 is 11.6 Å². The molecule has 0 aliphatic rings. The van der Waals surface area contributed by atoms with E-state index >= 15 is 0 Å². The Kier molecular flexibility index (Phi) is 10.2. The minimum atomic E-state index is -0.340. The molecule has 0 aliphatic heterocycles. The zero-order valence-corrected chi connectivity index (χ0v) is 16.1. The van der Waals surface area contributed by atoms with Crippen molar-refractivity contribution < 1.29 is 19.1 Å². The lowest BCUT2D eigenvalue weighted by Crippen LogP contribution is -2.38. The van der Waals surface area contributed by atoms with E-state index in [0.29, 0.717) is 31.1 Å². The largest absolute Gasteiger partial charge is 0.469 e. The van der Waals surface area contributed by atoms with Gasteiger partial charge in [0.25, 0.3) is 0 Å². The molecule has 0 spiro atoms. The molecule has 1 unspecified atom stereocenters. The van der Waals surface area contributed by atoms with Crippen LogP contribution in [0.25, 0.3) is 0 Å². The SMILES string of the molecule is COCCCN(CC(C)C(=O)OC)C(=O)CCCc1ccc(Cl)cc1. The fourth-order valence-electron chi connectivity index (χ4n) is 2.58. The molecule has 0 aromatic heterocycles. The summed E-state index contributed by atoms with van der Waals surface area (Å²) in [4.78, 5) is 25.9. The molecular formula is C19H28ClNO4. The number of carbonyl (C=O) groups excluding carboxylic acids is 2. The molecule has 0 heterocycles. The lowest BCUT2D eigenvalue weighted by molar-refractivity contribution is -0.146. The summed E-state index contributed by atoms with van der Waals surface area (Å²) in [5.41, 5.74) is 1.16. The van der Waals surface area contributed by atoms with Gasteiger partial charge in [0.15, 0.2) is 0 Å². The number of esters is 1. The van der Waals surface area contributed by atoms with Crippen LogP contribution in [-0.4, -0.2) is 50.7 Å². The number of benzene rings is 1. The smallest absolute Gasteiger partial charge is 0.310 e. The highest BCUT2D eigenvalue weighted by Crippen LogP contribution is 2.13. The number of aryl methyl sites for hydroxylation is 1. The zero-order chi connectivity index (χ0) is 18.7. The van der Waals surface area contributed by atoms with Crippen LogP contribution in [0, 0.1) is 5.92 Å². The van der Waals surface area contributed by atoms with Crippen LogP contribution in [0.3, 0.4) is 0 Å². The van der Waals surface area contributed by atoms with E-state index in [1.54, 1.807) is 18.9 Å². The second kappa shape index (κ2) is 11.9. The lowest BCUT2D eigenvalue weighted by Gasteiger charge is -2.25. The van der Waals surface area contributed by atoms with E-state index in [1.165, 1.54) is 7.11 Å². The number of hydrogen-bond donors (Lipinski definition) is 0. The molecular weight excluding hydrogens is 342 g/mol. The van der Waals surface area contributed by atoms with E-state index in [0.717, 1.165) is 24.8 Å². The fraction of sp³-hybridized carbons (Fsp3) is 0.579. The molecule has 0 radical (unpaired) electrons. The van der Waals surface area contributed by atoms with Crippen LogP contribution in [-0.2, 0) is 25.5 Å². The summed E-state index contributed by atoms with van der Waals surface area (Å²) in [6, 6.07) is 7.66. The molecule has 1 aromatic rings. The zero-order valence-electron chi connectivity index (χ0n) is 15.3. The third-order valence-corrected chi connectivity index (χ3v) is 4.25. The van der Waals surface area contributed by atoms with Gasteiger partial charge in [-0.3, -0.25) is 9.59 Å². The van der Waals surface area contributed by atoms with Crippen molar-refractivity contribution in [2.45, 2.75) is 32.6 Å². The van der Waals surface area contributed by atoms with Crippen LogP contribution in [0.1, 0.15) is 31.7 Å². The molecule has 0 bridgehead atoms. The topological polar surface area (TPSA) is 55.8 Å². The molecule has 1 aromatic carbocycles. The van der Waals surface area contributed by atoms with Gasteiger partial charge in [-0.2, -0.15) is 0 Å². The maximum Gasteiger partial charge on any atom is 0.310 e. The first kappa shape index (κ1) is 21.5. The van der Waals surface area contributed by atoms with Gasteiger partial charge in [0.1, 0.15) is 0 Å². The molecule has 0 aliphatic carbocycles. The molecule has 0 fully saturated rings. The molecule has 6 heteroatoms. The first-order chi connectivity index (χ1) is 12.0. The summed E-state index contributed by atoms with van der Waals surface area (Å²) in [6.07, 6.45) is 2.77. The summed E-state index contributed by atoms with van der Waals surface area (Å²) in [6.45, 7) is 3.31. The van der Waals surface area contributed by atoms with Gasteiger partial charge < -0.3 is 14.4 Å². The Hall–Kier alpha value is -1.59. The summed E-state index contributed by atoms with van der Waals surface area (Å²) in [7, 11) is 3.00. The number of rotatable bonds is 11. The van der Waals surface area contributed by atoms with E-state index in [-0.39, 0.29) is 17.8 Å². The standard InChI is InChI=1S/C19H28ClNO4/c1-15(19(23)25-3)14-21(12-5-13-24-2)18(22)7-4-6-16-8-10-17(20)11-9-16/h8-11,15H,4-7,12-14H2,1-3H3. The highest BCUT2D eigenvalue weighted by Gasteiger charge is 2.21. The van der Waals surface area contributed by atoms with Gasteiger partial charge >= 0.3 is 5.97 Å². The van der Waals surface area contributed by atoms with Crippen molar-refractivity contribution >= 4 is 23.5 Å². The molecule has 5 nitrogen and oxygen atoms in total.